The quantitative estimate of drug-likeness (QED) is 0.584. The van der Waals surface area contributed by atoms with Crippen molar-refractivity contribution in [2.24, 2.45) is 0 Å². The lowest BCUT2D eigenvalue weighted by atomic mass is 9.93. The highest BCUT2D eigenvalue weighted by molar-refractivity contribution is 5.40. The zero-order valence-corrected chi connectivity index (χ0v) is 22.4. The summed E-state index contributed by atoms with van der Waals surface area (Å²) in [6, 6.07) is 10.5. The number of hydrogen-bond donors (Lipinski definition) is 1. The first-order valence-corrected chi connectivity index (χ1v) is 13.4. The van der Waals surface area contributed by atoms with Gasteiger partial charge in [0.1, 0.15) is 23.3 Å². The topological polar surface area (TPSA) is 104 Å². The van der Waals surface area contributed by atoms with E-state index in [4.69, 9.17) is 10.00 Å². The minimum Gasteiger partial charge on any atom is -0.485 e. The number of β-amino-alcohol motifs (C(OH)–C–C–N with tert-alkyl or cyclic N) is 1. The van der Waals surface area contributed by atoms with Crippen molar-refractivity contribution in [1.82, 2.24) is 14.0 Å². The fourth-order valence-corrected chi connectivity index (χ4v) is 5.64. The lowest BCUT2D eigenvalue weighted by Gasteiger charge is -2.41. The zero-order valence-electron chi connectivity index (χ0n) is 22.4. The molecule has 2 aliphatic rings. The molecule has 4 rings (SSSR count). The number of benzene rings is 1. The van der Waals surface area contributed by atoms with Crippen molar-refractivity contribution >= 4 is 5.82 Å². The molecule has 1 N–H and O–H groups in total. The molecule has 1 atom stereocenters. The van der Waals surface area contributed by atoms with Gasteiger partial charge in [-0.15, -0.1) is 0 Å². The van der Waals surface area contributed by atoms with Crippen molar-refractivity contribution in [2.75, 3.05) is 37.6 Å². The summed E-state index contributed by atoms with van der Waals surface area (Å²) >= 11 is 0. The average molecular weight is 510 g/mol. The maximum Gasteiger partial charge on any atom is 0.333 e. The minimum atomic E-state index is -0.652. The molecule has 2 aromatic rings. The first-order chi connectivity index (χ1) is 17.6. The number of anilines is 1. The van der Waals surface area contributed by atoms with E-state index >= 15 is 0 Å². The molecule has 1 saturated carbocycles. The van der Waals surface area contributed by atoms with Crippen LogP contribution in [0.15, 0.2) is 39.9 Å². The predicted octanol–water partition coefficient (Wildman–Crippen LogP) is 2.92. The van der Waals surface area contributed by atoms with Crippen LogP contribution in [0.1, 0.15) is 71.0 Å². The molecule has 0 bridgehead atoms. The van der Waals surface area contributed by atoms with Crippen molar-refractivity contribution in [3.05, 3.63) is 56.7 Å². The van der Waals surface area contributed by atoms with Gasteiger partial charge >= 0.3 is 5.69 Å². The largest absolute Gasteiger partial charge is 0.485 e. The van der Waals surface area contributed by atoms with Gasteiger partial charge in [-0.1, -0.05) is 0 Å². The molecule has 9 nitrogen and oxygen atoms in total. The van der Waals surface area contributed by atoms with Gasteiger partial charge in [-0.05, 0) is 77.6 Å². The Kier molecular flexibility index (Phi) is 8.10. The monoisotopic (exact) mass is 509 g/mol. The van der Waals surface area contributed by atoms with Gasteiger partial charge < -0.3 is 14.7 Å². The molecule has 0 spiro atoms. The van der Waals surface area contributed by atoms with Crippen LogP contribution in [-0.2, 0) is 0 Å². The highest BCUT2D eigenvalue weighted by atomic mass is 16.5. The fourth-order valence-electron chi connectivity index (χ4n) is 5.64. The Labute approximate surface area is 218 Å². The predicted molar refractivity (Wildman–Crippen MR) is 143 cm³/mol. The minimum absolute atomic E-state index is 0.0745. The number of hydrogen-bond acceptors (Lipinski definition) is 7. The molecule has 2 fully saturated rings. The number of ether oxygens (including phenoxy) is 1. The molecule has 1 aliphatic carbocycles. The normalized spacial score (nSPS) is 18.8. The summed E-state index contributed by atoms with van der Waals surface area (Å²) in [4.78, 5) is 30.2. The maximum absolute atomic E-state index is 13.1. The van der Waals surface area contributed by atoms with E-state index in [0.29, 0.717) is 49.9 Å². The number of piperazine rings is 1. The van der Waals surface area contributed by atoms with E-state index in [1.807, 2.05) is 27.7 Å². The molecule has 9 heteroatoms. The summed E-state index contributed by atoms with van der Waals surface area (Å²) in [5, 5.41) is 20.4. The number of rotatable bonds is 8. The van der Waals surface area contributed by atoms with E-state index < -0.39 is 11.7 Å². The second-order valence-electron chi connectivity index (χ2n) is 10.9. The molecular weight excluding hydrogens is 470 g/mol. The van der Waals surface area contributed by atoms with Crippen LogP contribution >= 0.6 is 0 Å². The number of aliphatic hydroxyl groups is 1. The van der Waals surface area contributed by atoms with Crippen LogP contribution < -0.4 is 20.9 Å². The second-order valence-corrected chi connectivity index (χ2v) is 10.9. The Hall–Kier alpha value is -3.09. The Bertz CT molecular complexity index is 1230. The van der Waals surface area contributed by atoms with Crippen LogP contribution in [0, 0.1) is 11.3 Å². The average Bonchev–Trinajstić information content (AvgIpc) is 3.34. The Morgan fingerprint density at radius 2 is 1.57 bits per heavy atom. The van der Waals surface area contributed by atoms with Crippen molar-refractivity contribution in [3.8, 4) is 11.8 Å². The summed E-state index contributed by atoms with van der Waals surface area (Å²) in [5.41, 5.74) is -0.595. The molecule has 0 amide bonds. The lowest BCUT2D eigenvalue weighted by molar-refractivity contribution is -0.0641. The Morgan fingerprint density at radius 3 is 2.11 bits per heavy atom. The van der Waals surface area contributed by atoms with E-state index in [-0.39, 0.29) is 23.3 Å². The molecule has 1 aliphatic heterocycles. The van der Waals surface area contributed by atoms with Gasteiger partial charge in [0.25, 0.3) is 5.56 Å². The summed E-state index contributed by atoms with van der Waals surface area (Å²) in [6.07, 6.45) is 2.95. The van der Waals surface area contributed by atoms with E-state index in [2.05, 4.69) is 15.9 Å². The molecule has 1 aromatic carbocycles. The van der Waals surface area contributed by atoms with E-state index in [1.54, 1.807) is 34.9 Å². The summed E-state index contributed by atoms with van der Waals surface area (Å²) < 4.78 is 9.41. The highest BCUT2D eigenvalue weighted by Crippen LogP contribution is 2.38. The Balaban J connectivity index is 1.45. The van der Waals surface area contributed by atoms with Gasteiger partial charge in [0.15, 0.2) is 0 Å². The summed E-state index contributed by atoms with van der Waals surface area (Å²) in [6.45, 7) is 10.9. The van der Waals surface area contributed by atoms with Crippen molar-refractivity contribution in [1.29, 1.82) is 5.26 Å². The fraction of sp³-hybridized carbons (Fsp3) is 0.607. The third kappa shape index (κ3) is 5.60. The lowest BCUT2D eigenvalue weighted by Crippen LogP contribution is -2.55. The maximum atomic E-state index is 13.1. The standard InChI is InChI=1S/C28H39N5O4/c1-20(2)32-25(17-26(35)33(21(3)4)27(32)36)31-15-13-30(14-16-31)19-24(34)28(11-5-6-12-28)37-23-9-7-22(18-29)8-10-23/h7-10,17,20-21,24,34H,5-6,11-16,19H2,1-4H3. The SMILES string of the molecule is CC(C)n1c(N2CCN(CC(O)C3(Oc4ccc(C#N)cc4)CCCC3)CC2)cc(=O)n(C(C)C)c1=O. The van der Waals surface area contributed by atoms with E-state index in [0.717, 1.165) is 25.7 Å². The van der Waals surface area contributed by atoms with Crippen molar-refractivity contribution in [3.63, 3.8) is 0 Å². The zero-order chi connectivity index (χ0) is 26.7. The highest BCUT2D eigenvalue weighted by Gasteiger charge is 2.44. The van der Waals surface area contributed by atoms with Crippen LogP contribution in [0.2, 0.25) is 0 Å². The van der Waals surface area contributed by atoms with Gasteiger partial charge in [0, 0.05) is 50.9 Å². The summed E-state index contributed by atoms with van der Waals surface area (Å²) in [5.74, 6) is 1.34. The first-order valence-electron chi connectivity index (χ1n) is 13.4. The van der Waals surface area contributed by atoms with Gasteiger partial charge in [-0.2, -0.15) is 5.26 Å². The van der Waals surface area contributed by atoms with Crippen LogP contribution in [0.4, 0.5) is 5.82 Å². The van der Waals surface area contributed by atoms with Gasteiger partial charge in [0.2, 0.25) is 0 Å². The number of aromatic nitrogens is 2. The van der Waals surface area contributed by atoms with Crippen LogP contribution in [0.25, 0.3) is 0 Å². The van der Waals surface area contributed by atoms with Crippen molar-refractivity contribution < 1.29 is 9.84 Å². The van der Waals surface area contributed by atoms with E-state index in [9.17, 15) is 14.7 Å². The van der Waals surface area contributed by atoms with Gasteiger partial charge in [-0.3, -0.25) is 18.8 Å². The molecule has 0 radical (unpaired) electrons. The first kappa shape index (κ1) is 27.0. The third-order valence-electron chi connectivity index (χ3n) is 7.67. The molecule has 1 saturated heterocycles. The van der Waals surface area contributed by atoms with Crippen LogP contribution in [0.3, 0.4) is 0 Å². The number of nitriles is 1. The number of aliphatic hydroxyl groups excluding tert-OH is 1. The Morgan fingerprint density at radius 1 is 0.973 bits per heavy atom. The summed E-state index contributed by atoms with van der Waals surface area (Å²) in [7, 11) is 0. The second kappa shape index (κ2) is 11.1. The van der Waals surface area contributed by atoms with E-state index in [1.165, 1.54) is 4.57 Å². The third-order valence-corrected chi connectivity index (χ3v) is 7.67. The molecular formula is C28H39N5O4. The number of nitrogens with zero attached hydrogens (tertiary/aromatic N) is 5. The smallest absolute Gasteiger partial charge is 0.333 e. The van der Waals surface area contributed by atoms with Gasteiger partial charge in [-0.25, -0.2) is 4.79 Å². The molecule has 2 heterocycles. The molecule has 200 valence electrons. The van der Waals surface area contributed by atoms with Crippen LogP contribution in [-0.4, -0.2) is 63.6 Å². The molecule has 1 unspecified atom stereocenters. The molecule has 1 aromatic heterocycles. The molecule has 37 heavy (non-hydrogen) atoms. The van der Waals surface area contributed by atoms with Crippen molar-refractivity contribution in [2.45, 2.75) is 77.2 Å². The van der Waals surface area contributed by atoms with Crippen LogP contribution in [0.5, 0.6) is 5.75 Å². The van der Waals surface area contributed by atoms with Gasteiger partial charge in [0.05, 0.1) is 11.6 Å².